The molecule has 0 heterocycles. The molecular weight excluding hydrogens is 280 g/mol. The summed E-state index contributed by atoms with van der Waals surface area (Å²) in [5.41, 5.74) is 1.35. The van der Waals surface area contributed by atoms with Crippen LogP contribution in [0.2, 0.25) is 0 Å². The minimum absolute atomic E-state index is 0.176. The van der Waals surface area contributed by atoms with Crippen LogP contribution in [0.1, 0.15) is 12.5 Å². The lowest BCUT2D eigenvalue weighted by Crippen LogP contribution is -1.98. The first-order valence-electron chi connectivity index (χ1n) is 6.35. The smallest absolute Gasteiger partial charge is 0.330 e. The zero-order valence-electron chi connectivity index (χ0n) is 12.8. The Hall–Kier alpha value is -2.88. The van der Waals surface area contributed by atoms with Gasteiger partial charge in [0.25, 0.3) is 0 Å². The lowest BCUT2D eigenvalue weighted by Gasteiger charge is -1.92. The molecule has 0 radical (unpaired) electrons. The average molecular weight is 302 g/mol. The van der Waals surface area contributed by atoms with Crippen LogP contribution in [0.15, 0.2) is 74.4 Å². The highest BCUT2D eigenvalue weighted by Gasteiger charge is 1.90. The van der Waals surface area contributed by atoms with Crippen LogP contribution >= 0.6 is 0 Å². The standard InChI is InChI=1S/C8H8.C6H8O2.C4H6O2/c1-2-8-6-4-3-5-7-8;1-3-5-8-6(7)4-2;1-3(2)4(5)6/h2-7H,1H2;3-4H,1-2,5H2;1H2,2H3,(H,5,6). The highest BCUT2D eigenvalue weighted by molar-refractivity contribution is 5.84. The molecule has 0 atom stereocenters. The van der Waals surface area contributed by atoms with E-state index in [0.29, 0.717) is 0 Å². The van der Waals surface area contributed by atoms with Crippen molar-refractivity contribution in [2.24, 2.45) is 0 Å². The van der Waals surface area contributed by atoms with Crippen LogP contribution in [-0.2, 0) is 14.3 Å². The molecule has 0 aliphatic heterocycles. The number of benzene rings is 1. The molecule has 118 valence electrons. The van der Waals surface area contributed by atoms with Crippen LogP contribution in [0.4, 0.5) is 0 Å². The Balaban J connectivity index is 0. The Labute approximate surface area is 131 Å². The number of carboxylic acid groups (broad SMARTS) is 1. The molecule has 0 aliphatic rings. The molecule has 0 fully saturated rings. The van der Waals surface area contributed by atoms with Gasteiger partial charge in [0.05, 0.1) is 0 Å². The minimum Gasteiger partial charge on any atom is -0.478 e. The van der Waals surface area contributed by atoms with E-state index in [0.717, 1.165) is 6.08 Å². The Bertz CT molecular complexity index is 489. The van der Waals surface area contributed by atoms with E-state index in [4.69, 9.17) is 5.11 Å². The molecule has 4 nitrogen and oxygen atoms in total. The summed E-state index contributed by atoms with van der Waals surface area (Å²) >= 11 is 0. The Morgan fingerprint density at radius 2 is 1.68 bits per heavy atom. The summed E-state index contributed by atoms with van der Waals surface area (Å²) in [6, 6.07) is 10.0. The molecular formula is C18H22O4. The Morgan fingerprint density at radius 3 is 1.95 bits per heavy atom. The van der Waals surface area contributed by atoms with E-state index >= 15 is 0 Å². The lowest BCUT2D eigenvalue weighted by atomic mass is 10.2. The van der Waals surface area contributed by atoms with Crippen molar-refractivity contribution in [2.45, 2.75) is 6.92 Å². The number of hydrogen-bond donors (Lipinski definition) is 1. The van der Waals surface area contributed by atoms with Crippen molar-refractivity contribution in [3.63, 3.8) is 0 Å². The first-order chi connectivity index (χ1) is 10.4. The molecule has 0 saturated heterocycles. The fourth-order valence-corrected chi connectivity index (χ4v) is 0.789. The number of esters is 1. The van der Waals surface area contributed by atoms with Gasteiger partial charge in [-0.3, -0.25) is 0 Å². The molecule has 1 aromatic rings. The van der Waals surface area contributed by atoms with Crippen molar-refractivity contribution in [3.8, 4) is 0 Å². The average Bonchev–Trinajstić information content (AvgIpc) is 2.54. The number of aliphatic carboxylic acids is 1. The van der Waals surface area contributed by atoms with Crippen LogP contribution in [0, 0.1) is 0 Å². The first kappa shape index (κ1) is 21.4. The number of rotatable bonds is 5. The van der Waals surface area contributed by atoms with Gasteiger partial charge >= 0.3 is 11.9 Å². The highest BCUT2D eigenvalue weighted by atomic mass is 16.5. The maximum absolute atomic E-state index is 10.2. The number of carboxylic acids is 1. The van der Waals surface area contributed by atoms with E-state index in [2.05, 4.69) is 31.1 Å². The lowest BCUT2D eigenvalue weighted by molar-refractivity contribution is -0.136. The number of carbonyl (C=O) groups is 2. The van der Waals surface area contributed by atoms with Crippen molar-refractivity contribution in [1.82, 2.24) is 0 Å². The maximum Gasteiger partial charge on any atom is 0.330 e. The van der Waals surface area contributed by atoms with Gasteiger partial charge in [-0.05, 0) is 12.5 Å². The van der Waals surface area contributed by atoms with Crippen LogP contribution < -0.4 is 0 Å². The third kappa shape index (κ3) is 15.2. The zero-order chi connectivity index (χ0) is 17.4. The predicted octanol–water partition coefficient (Wildman–Crippen LogP) is 3.88. The monoisotopic (exact) mass is 302 g/mol. The van der Waals surface area contributed by atoms with Gasteiger partial charge in [-0.1, -0.05) is 68.8 Å². The van der Waals surface area contributed by atoms with E-state index in [-0.39, 0.29) is 12.2 Å². The summed E-state index contributed by atoms with van der Waals surface area (Å²) in [5, 5.41) is 7.89. The molecule has 0 spiro atoms. The summed E-state index contributed by atoms with van der Waals surface area (Å²) < 4.78 is 4.47. The van der Waals surface area contributed by atoms with E-state index in [1.807, 2.05) is 36.4 Å². The van der Waals surface area contributed by atoms with Crippen LogP contribution in [0.3, 0.4) is 0 Å². The molecule has 22 heavy (non-hydrogen) atoms. The fourth-order valence-electron chi connectivity index (χ4n) is 0.789. The van der Waals surface area contributed by atoms with Gasteiger partial charge in [0.1, 0.15) is 6.61 Å². The van der Waals surface area contributed by atoms with E-state index in [1.54, 1.807) is 0 Å². The largest absolute Gasteiger partial charge is 0.478 e. The molecule has 0 aromatic heterocycles. The predicted molar refractivity (Wildman–Crippen MR) is 90.3 cm³/mol. The topological polar surface area (TPSA) is 63.6 Å². The van der Waals surface area contributed by atoms with Crippen LogP contribution in [-0.4, -0.2) is 23.7 Å². The highest BCUT2D eigenvalue weighted by Crippen LogP contribution is 1.97. The second-order valence-electron chi connectivity index (χ2n) is 3.82. The minimum atomic E-state index is -0.935. The summed E-state index contributed by atoms with van der Waals surface area (Å²) in [7, 11) is 0. The van der Waals surface area contributed by atoms with Gasteiger partial charge in [-0.15, -0.1) is 0 Å². The third-order valence-electron chi connectivity index (χ3n) is 1.91. The third-order valence-corrected chi connectivity index (χ3v) is 1.91. The second kappa shape index (κ2) is 14.5. The van der Waals surface area contributed by atoms with Gasteiger partial charge in [-0.25, -0.2) is 9.59 Å². The Kier molecular flexibility index (Phi) is 14.1. The molecule has 0 unspecified atom stereocenters. The summed E-state index contributed by atoms with van der Waals surface area (Å²) in [4.78, 5) is 19.8. The van der Waals surface area contributed by atoms with Gasteiger partial charge < -0.3 is 9.84 Å². The summed E-state index contributed by atoms with van der Waals surface area (Å²) in [6.07, 6.45) is 4.45. The second-order valence-corrected chi connectivity index (χ2v) is 3.82. The SMILES string of the molecule is C=C(C)C(=O)O.C=CCOC(=O)C=C.C=Cc1ccccc1. The van der Waals surface area contributed by atoms with Crippen molar-refractivity contribution in [2.75, 3.05) is 6.61 Å². The fraction of sp³-hybridized carbons (Fsp3) is 0.111. The molecule has 4 heteroatoms. The number of hydrogen-bond acceptors (Lipinski definition) is 3. The molecule has 0 amide bonds. The van der Waals surface area contributed by atoms with Crippen molar-refractivity contribution < 1.29 is 19.4 Å². The maximum atomic E-state index is 10.2. The number of carbonyl (C=O) groups excluding carboxylic acids is 1. The summed E-state index contributed by atoms with van der Waals surface area (Å²) in [5.74, 6) is -1.35. The molecule has 1 aromatic carbocycles. The van der Waals surface area contributed by atoms with Gasteiger partial charge in [0, 0.05) is 11.6 Å². The van der Waals surface area contributed by atoms with E-state index in [1.165, 1.54) is 18.6 Å². The van der Waals surface area contributed by atoms with E-state index < -0.39 is 11.9 Å². The zero-order valence-corrected chi connectivity index (χ0v) is 12.8. The van der Waals surface area contributed by atoms with Crippen molar-refractivity contribution >= 4 is 18.0 Å². The van der Waals surface area contributed by atoms with Crippen LogP contribution in [0.25, 0.3) is 6.08 Å². The normalized spacial score (nSPS) is 7.86. The molecule has 0 aliphatic carbocycles. The Morgan fingerprint density at radius 1 is 1.18 bits per heavy atom. The molecule has 0 saturated carbocycles. The molecule has 1 rings (SSSR count). The van der Waals surface area contributed by atoms with Crippen molar-refractivity contribution in [1.29, 1.82) is 0 Å². The first-order valence-corrected chi connectivity index (χ1v) is 6.35. The van der Waals surface area contributed by atoms with Gasteiger partial charge in [0.2, 0.25) is 0 Å². The van der Waals surface area contributed by atoms with Crippen LogP contribution in [0.5, 0.6) is 0 Å². The van der Waals surface area contributed by atoms with Gasteiger partial charge in [-0.2, -0.15) is 0 Å². The van der Waals surface area contributed by atoms with Crippen molar-refractivity contribution in [3.05, 3.63) is 79.9 Å². The number of ether oxygens (including phenoxy) is 1. The van der Waals surface area contributed by atoms with Gasteiger partial charge in [0.15, 0.2) is 0 Å². The molecule has 1 N–H and O–H groups in total. The molecule has 0 bridgehead atoms. The quantitative estimate of drug-likeness (QED) is 0.509. The summed E-state index contributed by atoms with van der Waals surface area (Å²) in [6.45, 7) is 15.0. The van der Waals surface area contributed by atoms with E-state index in [9.17, 15) is 9.59 Å².